The van der Waals surface area contributed by atoms with Crippen molar-refractivity contribution in [3.05, 3.63) is 44.8 Å². The van der Waals surface area contributed by atoms with Crippen LogP contribution in [0.25, 0.3) is 0 Å². The first-order chi connectivity index (χ1) is 8.88. The van der Waals surface area contributed by atoms with Crippen LogP contribution in [0.15, 0.2) is 35.0 Å². The third-order valence-electron chi connectivity index (χ3n) is 4.78. The van der Waals surface area contributed by atoms with Crippen LogP contribution in [-0.4, -0.2) is 0 Å². The Hall–Kier alpha value is -0.600. The smallest absolute Gasteiger partial charge is 0.00854 e. The molecule has 2 heteroatoms. The maximum atomic E-state index is 2.37. The molecule has 2 fully saturated rings. The van der Waals surface area contributed by atoms with Crippen molar-refractivity contribution in [1.29, 1.82) is 0 Å². The van der Waals surface area contributed by atoms with Gasteiger partial charge in [0.25, 0.3) is 0 Å². The van der Waals surface area contributed by atoms with Crippen LogP contribution < -0.4 is 0 Å². The molecule has 1 atom stereocenters. The lowest BCUT2D eigenvalue weighted by Gasteiger charge is -2.26. The Morgan fingerprint density at radius 3 is 2.44 bits per heavy atom. The zero-order chi connectivity index (χ0) is 12.0. The standard InChI is InChI=1S/C16H18S2/c1-3-13(17-9-1)11-14(15-4-2-10-18-15)16(7-8-16)12-5-6-12/h1-4,9-10,12,14H,5-8,11H2. The van der Waals surface area contributed by atoms with Gasteiger partial charge in [-0.1, -0.05) is 12.1 Å². The van der Waals surface area contributed by atoms with Crippen molar-refractivity contribution in [3.8, 4) is 0 Å². The summed E-state index contributed by atoms with van der Waals surface area (Å²) in [6, 6.07) is 9.10. The molecule has 2 aromatic heterocycles. The lowest BCUT2D eigenvalue weighted by atomic mass is 9.81. The van der Waals surface area contributed by atoms with Crippen LogP contribution >= 0.6 is 22.7 Å². The molecule has 4 rings (SSSR count). The average Bonchev–Trinajstić information content (AvgIpc) is 3.26. The highest BCUT2D eigenvalue weighted by atomic mass is 32.1. The average molecular weight is 274 g/mol. The highest BCUT2D eigenvalue weighted by molar-refractivity contribution is 7.10. The van der Waals surface area contributed by atoms with E-state index in [0.29, 0.717) is 5.41 Å². The van der Waals surface area contributed by atoms with Gasteiger partial charge in [0.05, 0.1) is 0 Å². The van der Waals surface area contributed by atoms with Crippen LogP contribution in [0, 0.1) is 11.3 Å². The van der Waals surface area contributed by atoms with Crippen LogP contribution in [0.1, 0.15) is 41.4 Å². The van der Waals surface area contributed by atoms with Crippen molar-refractivity contribution in [1.82, 2.24) is 0 Å². The summed E-state index contributed by atoms with van der Waals surface area (Å²) >= 11 is 3.90. The molecule has 0 radical (unpaired) electrons. The van der Waals surface area contributed by atoms with Crippen LogP contribution in [0.5, 0.6) is 0 Å². The van der Waals surface area contributed by atoms with Gasteiger partial charge < -0.3 is 0 Å². The number of hydrogen-bond acceptors (Lipinski definition) is 2. The molecule has 0 nitrogen and oxygen atoms in total. The minimum atomic E-state index is 0.689. The molecule has 0 aromatic carbocycles. The molecular formula is C16H18S2. The van der Waals surface area contributed by atoms with E-state index in [2.05, 4.69) is 35.0 Å². The summed E-state index contributed by atoms with van der Waals surface area (Å²) < 4.78 is 0. The van der Waals surface area contributed by atoms with Crippen LogP contribution in [0.3, 0.4) is 0 Å². The van der Waals surface area contributed by atoms with E-state index in [-0.39, 0.29) is 0 Å². The van der Waals surface area contributed by atoms with E-state index in [1.165, 1.54) is 32.1 Å². The molecule has 18 heavy (non-hydrogen) atoms. The second-order valence-corrected chi connectivity index (χ2v) is 7.87. The molecule has 1 unspecified atom stereocenters. The summed E-state index contributed by atoms with van der Waals surface area (Å²) in [5.41, 5.74) is 0.689. The van der Waals surface area contributed by atoms with Crippen molar-refractivity contribution in [2.24, 2.45) is 11.3 Å². The van der Waals surface area contributed by atoms with Gasteiger partial charge in [0, 0.05) is 15.7 Å². The molecule has 94 valence electrons. The topological polar surface area (TPSA) is 0 Å². The predicted octanol–water partition coefficient (Wildman–Crippen LogP) is 5.33. The molecule has 0 bridgehead atoms. The second-order valence-electron chi connectivity index (χ2n) is 5.86. The van der Waals surface area contributed by atoms with Gasteiger partial charge in [-0.15, -0.1) is 22.7 Å². The van der Waals surface area contributed by atoms with Gasteiger partial charge in [0.1, 0.15) is 0 Å². The monoisotopic (exact) mass is 274 g/mol. The van der Waals surface area contributed by atoms with E-state index in [9.17, 15) is 0 Å². The molecular weight excluding hydrogens is 256 g/mol. The molecule has 2 saturated carbocycles. The molecule has 0 saturated heterocycles. The van der Waals surface area contributed by atoms with Crippen molar-refractivity contribution < 1.29 is 0 Å². The molecule has 2 aromatic rings. The van der Waals surface area contributed by atoms with Crippen LogP contribution in [0.4, 0.5) is 0 Å². The summed E-state index contributed by atoms with van der Waals surface area (Å²) in [6.45, 7) is 0. The van der Waals surface area contributed by atoms with Crippen molar-refractivity contribution in [3.63, 3.8) is 0 Å². The van der Waals surface area contributed by atoms with Gasteiger partial charge in [-0.3, -0.25) is 0 Å². The fraction of sp³-hybridized carbons (Fsp3) is 0.500. The minimum absolute atomic E-state index is 0.689. The maximum Gasteiger partial charge on any atom is 0.00854 e. The molecule has 0 spiro atoms. The first kappa shape index (κ1) is 11.2. The Morgan fingerprint density at radius 2 is 1.89 bits per heavy atom. The SMILES string of the molecule is c1csc(CC(c2cccs2)C2(C3CC3)CC2)c1. The van der Waals surface area contributed by atoms with Crippen LogP contribution in [0.2, 0.25) is 0 Å². The second kappa shape index (κ2) is 4.21. The molecule has 0 N–H and O–H groups in total. The normalized spacial score (nSPS) is 22.9. The van der Waals surface area contributed by atoms with Crippen LogP contribution in [-0.2, 0) is 6.42 Å². The Bertz CT molecular complexity index is 501. The van der Waals surface area contributed by atoms with Gasteiger partial charge in [-0.25, -0.2) is 0 Å². The largest absolute Gasteiger partial charge is 0.149 e. The summed E-state index contributed by atoms with van der Waals surface area (Å²) in [6.07, 6.45) is 7.21. The fourth-order valence-corrected chi connectivity index (χ4v) is 5.26. The van der Waals surface area contributed by atoms with Gasteiger partial charge in [-0.05, 0) is 66.3 Å². The van der Waals surface area contributed by atoms with Gasteiger partial charge in [0.2, 0.25) is 0 Å². The van der Waals surface area contributed by atoms with E-state index in [4.69, 9.17) is 0 Å². The zero-order valence-electron chi connectivity index (χ0n) is 10.5. The summed E-state index contributed by atoms with van der Waals surface area (Å²) in [5.74, 6) is 1.84. The van der Waals surface area contributed by atoms with E-state index < -0.39 is 0 Å². The molecule has 2 aliphatic rings. The first-order valence-electron chi connectivity index (χ1n) is 6.94. The van der Waals surface area contributed by atoms with Gasteiger partial charge in [0.15, 0.2) is 0 Å². The Balaban J connectivity index is 1.65. The summed E-state index contributed by atoms with van der Waals surface area (Å²) in [4.78, 5) is 3.20. The van der Waals surface area contributed by atoms with E-state index in [1.54, 1.807) is 9.75 Å². The third-order valence-corrected chi connectivity index (χ3v) is 6.67. The highest BCUT2D eigenvalue weighted by Crippen LogP contribution is 2.68. The molecule has 0 aliphatic heterocycles. The van der Waals surface area contributed by atoms with Gasteiger partial charge >= 0.3 is 0 Å². The zero-order valence-corrected chi connectivity index (χ0v) is 12.1. The van der Waals surface area contributed by atoms with Gasteiger partial charge in [-0.2, -0.15) is 0 Å². The number of hydrogen-bond donors (Lipinski definition) is 0. The minimum Gasteiger partial charge on any atom is -0.149 e. The quantitative estimate of drug-likeness (QED) is 0.691. The Labute approximate surface area is 117 Å². The lowest BCUT2D eigenvalue weighted by Crippen LogP contribution is -2.17. The molecule has 2 heterocycles. The summed E-state index contributed by atoms with van der Waals surface area (Å²) in [5, 5.41) is 4.47. The number of thiophene rings is 2. The fourth-order valence-electron chi connectivity index (χ4n) is 3.55. The van der Waals surface area contributed by atoms with Crippen molar-refractivity contribution in [2.75, 3.05) is 0 Å². The maximum absolute atomic E-state index is 2.37. The predicted molar refractivity (Wildman–Crippen MR) is 79.5 cm³/mol. The van der Waals surface area contributed by atoms with E-state index in [1.807, 2.05) is 22.7 Å². The molecule has 0 amide bonds. The van der Waals surface area contributed by atoms with Crippen molar-refractivity contribution in [2.45, 2.75) is 38.0 Å². The number of rotatable bonds is 5. The lowest BCUT2D eigenvalue weighted by molar-refractivity contribution is 0.351. The van der Waals surface area contributed by atoms with E-state index in [0.717, 1.165) is 11.8 Å². The van der Waals surface area contributed by atoms with E-state index >= 15 is 0 Å². The molecule has 2 aliphatic carbocycles. The highest BCUT2D eigenvalue weighted by Gasteiger charge is 2.58. The summed E-state index contributed by atoms with van der Waals surface area (Å²) in [7, 11) is 0. The van der Waals surface area contributed by atoms with Crippen molar-refractivity contribution >= 4 is 22.7 Å². The Morgan fingerprint density at radius 1 is 1.11 bits per heavy atom. The first-order valence-corrected chi connectivity index (χ1v) is 8.70. The Kier molecular flexibility index (Phi) is 2.63. The third kappa shape index (κ3) is 1.86.